The van der Waals surface area contributed by atoms with E-state index in [4.69, 9.17) is 0 Å². The minimum absolute atomic E-state index is 0.102. The predicted molar refractivity (Wildman–Crippen MR) is 67.5 cm³/mol. The Morgan fingerprint density at radius 2 is 2.00 bits per heavy atom. The fraction of sp³-hybridized carbons (Fsp3) is 0.818. The second-order valence-corrected chi connectivity index (χ2v) is 6.57. The first kappa shape index (κ1) is 15.1. The van der Waals surface area contributed by atoms with Crippen molar-refractivity contribution in [3.05, 3.63) is 0 Å². The lowest BCUT2D eigenvalue weighted by molar-refractivity contribution is -0.137. The number of hydrogen-bond acceptors (Lipinski definition) is 4. The molecule has 0 spiro atoms. The van der Waals surface area contributed by atoms with Crippen molar-refractivity contribution in [1.82, 2.24) is 9.62 Å². The SMILES string of the molecule is CC(=O)CC(=O)N1CCCCC1CNS(C)(=O)=O. The van der Waals surface area contributed by atoms with Crippen LogP contribution >= 0.6 is 0 Å². The van der Waals surface area contributed by atoms with Crippen molar-refractivity contribution in [2.24, 2.45) is 0 Å². The molecule has 1 amide bonds. The van der Waals surface area contributed by atoms with E-state index < -0.39 is 10.0 Å². The number of carbonyl (C=O) groups excluding carboxylic acids is 2. The highest BCUT2D eigenvalue weighted by atomic mass is 32.2. The number of amides is 1. The van der Waals surface area contributed by atoms with Crippen LogP contribution in [0.2, 0.25) is 0 Å². The molecule has 1 unspecified atom stereocenters. The third-order valence-corrected chi connectivity index (χ3v) is 3.62. The summed E-state index contributed by atoms with van der Waals surface area (Å²) in [7, 11) is -3.25. The number of sulfonamides is 1. The summed E-state index contributed by atoms with van der Waals surface area (Å²) < 4.78 is 24.5. The summed E-state index contributed by atoms with van der Waals surface area (Å²) >= 11 is 0. The largest absolute Gasteiger partial charge is 0.338 e. The summed E-state index contributed by atoms with van der Waals surface area (Å²) in [5.41, 5.74) is 0. The van der Waals surface area contributed by atoms with E-state index in [1.165, 1.54) is 6.92 Å². The summed E-state index contributed by atoms with van der Waals surface area (Å²) in [5.74, 6) is -0.372. The number of nitrogens with one attached hydrogen (secondary N) is 1. The minimum Gasteiger partial charge on any atom is -0.338 e. The Kier molecular flexibility index (Phi) is 5.28. The smallest absolute Gasteiger partial charge is 0.230 e. The van der Waals surface area contributed by atoms with Crippen molar-refractivity contribution in [1.29, 1.82) is 0 Å². The number of rotatable bonds is 5. The summed E-state index contributed by atoms with van der Waals surface area (Å²) in [6.45, 7) is 2.20. The molecule has 18 heavy (non-hydrogen) atoms. The summed E-state index contributed by atoms with van der Waals surface area (Å²) in [6, 6.07) is -0.139. The van der Waals surface area contributed by atoms with Crippen LogP contribution in [0.5, 0.6) is 0 Å². The molecule has 1 N–H and O–H groups in total. The van der Waals surface area contributed by atoms with Crippen LogP contribution in [0.15, 0.2) is 0 Å². The van der Waals surface area contributed by atoms with Gasteiger partial charge in [-0.25, -0.2) is 13.1 Å². The zero-order valence-electron chi connectivity index (χ0n) is 10.8. The normalized spacial score (nSPS) is 20.8. The molecular weight excluding hydrogens is 256 g/mol. The Balaban J connectivity index is 2.62. The molecule has 1 aliphatic heterocycles. The first-order valence-corrected chi connectivity index (χ1v) is 7.92. The lowest BCUT2D eigenvalue weighted by Crippen LogP contribution is -2.49. The van der Waals surface area contributed by atoms with E-state index in [1.807, 2.05) is 0 Å². The molecule has 1 saturated heterocycles. The van der Waals surface area contributed by atoms with Gasteiger partial charge in [0.2, 0.25) is 15.9 Å². The van der Waals surface area contributed by atoms with E-state index in [-0.39, 0.29) is 30.7 Å². The van der Waals surface area contributed by atoms with Gasteiger partial charge in [-0.2, -0.15) is 0 Å². The zero-order valence-corrected chi connectivity index (χ0v) is 11.6. The van der Waals surface area contributed by atoms with Crippen LogP contribution in [0.1, 0.15) is 32.6 Å². The fourth-order valence-electron chi connectivity index (χ4n) is 2.10. The van der Waals surface area contributed by atoms with E-state index in [0.717, 1.165) is 25.5 Å². The Bertz CT molecular complexity index is 419. The molecule has 0 saturated carbocycles. The van der Waals surface area contributed by atoms with Crippen LogP contribution in [0.25, 0.3) is 0 Å². The molecule has 1 atom stereocenters. The van der Waals surface area contributed by atoms with Crippen molar-refractivity contribution >= 4 is 21.7 Å². The van der Waals surface area contributed by atoms with Gasteiger partial charge in [-0.1, -0.05) is 0 Å². The zero-order chi connectivity index (χ0) is 13.8. The van der Waals surface area contributed by atoms with Gasteiger partial charge in [0.1, 0.15) is 5.78 Å². The third-order valence-electron chi connectivity index (χ3n) is 2.93. The van der Waals surface area contributed by atoms with Crippen LogP contribution in [0.4, 0.5) is 0 Å². The molecule has 0 aromatic carbocycles. The number of hydrogen-bond donors (Lipinski definition) is 1. The highest BCUT2D eigenvalue weighted by Gasteiger charge is 2.27. The summed E-state index contributed by atoms with van der Waals surface area (Å²) in [4.78, 5) is 24.5. The summed E-state index contributed by atoms with van der Waals surface area (Å²) in [6.07, 6.45) is 3.64. The second kappa shape index (κ2) is 6.29. The van der Waals surface area contributed by atoms with Crippen molar-refractivity contribution in [2.45, 2.75) is 38.6 Å². The van der Waals surface area contributed by atoms with Crippen LogP contribution in [-0.2, 0) is 19.6 Å². The number of carbonyl (C=O) groups is 2. The van der Waals surface area contributed by atoms with Gasteiger partial charge in [0.05, 0.1) is 12.7 Å². The quantitative estimate of drug-likeness (QED) is 0.711. The molecule has 1 rings (SSSR count). The van der Waals surface area contributed by atoms with Crippen molar-refractivity contribution in [3.63, 3.8) is 0 Å². The molecule has 0 aromatic heterocycles. The van der Waals surface area contributed by atoms with Gasteiger partial charge in [-0.05, 0) is 26.2 Å². The minimum atomic E-state index is -3.25. The standard InChI is InChI=1S/C11H20N2O4S/c1-9(14)7-11(15)13-6-4-3-5-10(13)8-12-18(2,16)17/h10,12H,3-8H2,1-2H3. The second-order valence-electron chi connectivity index (χ2n) is 4.74. The number of nitrogens with zero attached hydrogens (tertiary/aromatic N) is 1. The average molecular weight is 276 g/mol. The molecule has 0 bridgehead atoms. The Hall–Kier alpha value is -0.950. The van der Waals surface area contributed by atoms with E-state index >= 15 is 0 Å². The third kappa shape index (κ3) is 5.14. The lowest BCUT2D eigenvalue weighted by atomic mass is 10.0. The topological polar surface area (TPSA) is 83.6 Å². The van der Waals surface area contributed by atoms with E-state index in [1.54, 1.807) is 4.90 Å². The maximum Gasteiger partial charge on any atom is 0.230 e. The predicted octanol–water partition coefficient (Wildman–Crippen LogP) is -0.104. The summed E-state index contributed by atoms with van der Waals surface area (Å²) in [5, 5.41) is 0. The van der Waals surface area contributed by atoms with Crippen molar-refractivity contribution < 1.29 is 18.0 Å². The Labute approximate surface area is 108 Å². The monoisotopic (exact) mass is 276 g/mol. The number of ketones is 1. The molecular formula is C11H20N2O4S. The van der Waals surface area contributed by atoms with E-state index in [0.29, 0.717) is 6.54 Å². The van der Waals surface area contributed by atoms with Gasteiger partial charge in [-0.3, -0.25) is 9.59 Å². The first-order chi connectivity index (χ1) is 8.29. The van der Waals surface area contributed by atoms with Crippen LogP contribution in [-0.4, -0.2) is 50.4 Å². The van der Waals surface area contributed by atoms with Gasteiger partial charge in [0.25, 0.3) is 0 Å². The van der Waals surface area contributed by atoms with E-state index in [9.17, 15) is 18.0 Å². The van der Waals surface area contributed by atoms with Crippen LogP contribution < -0.4 is 4.72 Å². The van der Waals surface area contributed by atoms with Crippen LogP contribution in [0.3, 0.4) is 0 Å². The molecule has 7 heteroatoms. The highest BCUT2D eigenvalue weighted by Crippen LogP contribution is 2.17. The Morgan fingerprint density at radius 1 is 1.33 bits per heavy atom. The fourth-order valence-corrected chi connectivity index (χ4v) is 2.60. The van der Waals surface area contributed by atoms with Crippen molar-refractivity contribution in [2.75, 3.05) is 19.3 Å². The van der Waals surface area contributed by atoms with Gasteiger partial charge >= 0.3 is 0 Å². The van der Waals surface area contributed by atoms with Gasteiger partial charge in [-0.15, -0.1) is 0 Å². The van der Waals surface area contributed by atoms with E-state index in [2.05, 4.69) is 4.72 Å². The molecule has 1 heterocycles. The highest BCUT2D eigenvalue weighted by molar-refractivity contribution is 7.88. The molecule has 0 aliphatic carbocycles. The lowest BCUT2D eigenvalue weighted by Gasteiger charge is -2.35. The van der Waals surface area contributed by atoms with Gasteiger partial charge in [0.15, 0.2) is 0 Å². The Morgan fingerprint density at radius 3 is 2.56 bits per heavy atom. The first-order valence-electron chi connectivity index (χ1n) is 6.03. The molecule has 0 aromatic rings. The van der Waals surface area contributed by atoms with Crippen molar-refractivity contribution in [3.8, 4) is 0 Å². The number of Topliss-reactive ketones (excluding diaryl/α,β-unsaturated/α-hetero) is 1. The molecule has 1 aliphatic rings. The average Bonchev–Trinajstić information content (AvgIpc) is 2.25. The number of piperidine rings is 1. The molecule has 6 nitrogen and oxygen atoms in total. The van der Waals surface area contributed by atoms with Crippen LogP contribution in [0, 0.1) is 0 Å². The number of likely N-dealkylation sites (tertiary alicyclic amines) is 1. The molecule has 1 fully saturated rings. The molecule has 104 valence electrons. The maximum absolute atomic E-state index is 11.9. The van der Waals surface area contributed by atoms with Gasteiger partial charge < -0.3 is 4.90 Å². The maximum atomic E-state index is 11.9. The van der Waals surface area contributed by atoms with Gasteiger partial charge in [0, 0.05) is 19.1 Å². The molecule has 0 radical (unpaired) electrons.